The van der Waals surface area contributed by atoms with Gasteiger partial charge in [-0.25, -0.2) is 9.97 Å². The molecule has 0 saturated carbocycles. The van der Waals surface area contributed by atoms with Crippen molar-refractivity contribution in [3.63, 3.8) is 0 Å². The Hall–Kier alpha value is -4.72. The van der Waals surface area contributed by atoms with Crippen LogP contribution in [0.25, 0.3) is 22.2 Å². The van der Waals surface area contributed by atoms with Crippen molar-refractivity contribution in [2.75, 3.05) is 11.1 Å². The van der Waals surface area contributed by atoms with E-state index in [1.807, 2.05) is 55.5 Å². The number of phenolic OH excluding ortho intramolecular Hbond substituents is 1. The fourth-order valence-corrected chi connectivity index (χ4v) is 3.55. The molecule has 0 spiro atoms. The van der Waals surface area contributed by atoms with Gasteiger partial charge in [0.1, 0.15) is 22.6 Å². The second-order valence-corrected chi connectivity index (χ2v) is 7.62. The average molecular weight is 436 g/mol. The normalized spacial score (nSPS) is 11.4. The number of nitrogens with two attached hydrogens (primary N) is 1. The largest absolute Gasteiger partial charge is 0.508 e. The molecule has 0 aliphatic carbocycles. The number of aryl methyl sites for hydroxylation is 1. The second kappa shape index (κ2) is 8.08. The Balaban J connectivity index is 1.66. The third kappa shape index (κ3) is 3.85. The van der Waals surface area contributed by atoms with Gasteiger partial charge in [-0.05, 0) is 48.9 Å². The van der Waals surface area contributed by atoms with E-state index >= 15 is 0 Å². The number of rotatable bonds is 4. The Bertz CT molecular complexity index is 1540. The quantitative estimate of drug-likeness (QED) is 0.363. The third-order valence-corrected chi connectivity index (χ3v) is 5.20. The Kier molecular flexibility index (Phi) is 4.95. The molecule has 0 unspecified atom stereocenters. The van der Waals surface area contributed by atoms with Gasteiger partial charge in [-0.3, -0.25) is 4.79 Å². The van der Waals surface area contributed by atoms with E-state index in [9.17, 15) is 9.90 Å². The van der Waals surface area contributed by atoms with Crippen LogP contribution in [0.5, 0.6) is 5.75 Å². The molecular formula is C25H20N6O2. The highest BCUT2D eigenvalue weighted by molar-refractivity contribution is 6.16. The number of carbonyl (C=O) groups excluding carboxylic acids is 1. The predicted octanol–water partition coefficient (Wildman–Crippen LogP) is 4.32. The first-order valence-electron chi connectivity index (χ1n) is 10.3. The monoisotopic (exact) mass is 436 g/mol. The van der Waals surface area contributed by atoms with Crippen LogP contribution in [-0.2, 0) is 0 Å². The van der Waals surface area contributed by atoms with Crippen molar-refractivity contribution < 1.29 is 9.90 Å². The molecule has 0 aliphatic rings. The van der Waals surface area contributed by atoms with E-state index in [0.29, 0.717) is 33.4 Å². The lowest BCUT2D eigenvalue weighted by Gasteiger charge is -2.06. The summed E-state index contributed by atoms with van der Waals surface area (Å²) in [6, 6.07) is 21.5. The Morgan fingerprint density at radius 3 is 2.48 bits per heavy atom. The molecule has 4 N–H and O–H groups in total. The number of nitrogen functional groups attached to an aromatic ring is 1. The summed E-state index contributed by atoms with van der Waals surface area (Å²) in [5.41, 5.74) is 11.0. The minimum Gasteiger partial charge on any atom is -0.508 e. The van der Waals surface area contributed by atoms with Gasteiger partial charge in [0, 0.05) is 5.69 Å². The van der Waals surface area contributed by atoms with Crippen molar-refractivity contribution in [2.45, 2.75) is 6.92 Å². The van der Waals surface area contributed by atoms with Crippen LogP contribution in [0.1, 0.15) is 21.5 Å². The molecule has 2 aromatic heterocycles. The highest BCUT2D eigenvalue weighted by atomic mass is 16.3. The summed E-state index contributed by atoms with van der Waals surface area (Å²) in [6.07, 6.45) is 1.54. The molecule has 1 amide bonds. The zero-order chi connectivity index (χ0) is 22.9. The van der Waals surface area contributed by atoms with Gasteiger partial charge in [0.25, 0.3) is 5.91 Å². The van der Waals surface area contributed by atoms with Gasteiger partial charge in [-0.15, -0.1) is 0 Å². The number of amides is 1. The van der Waals surface area contributed by atoms with Gasteiger partial charge in [0.2, 0.25) is 0 Å². The van der Waals surface area contributed by atoms with E-state index in [1.54, 1.807) is 24.3 Å². The summed E-state index contributed by atoms with van der Waals surface area (Å²) in [5, 5.41) is 17.0. The summed E-state index contributed by atoms with van der Waals surface area (Å²) < 4.78 is 1.39. The van der Waals surface area contributed by atoms with Gasteiger partial charge >= 0.3 is 0 Å². The summed E-state index contributed by atoms with van der Waals surface area (Å²) >= 11 is 0. The van der Waals surface area contributed by atoms with Crippen molar-refractivity contribution in [2.24, 2.45) is 5.10 Å². The second-order valence-electron chi connectivity index (χ2n) is 7.62. The van der Waals surface area contributed by atoms with E-state index < -0.39 is 5.91 Å². The number of aromatic nitrogens is 3. The first-order valence-corrected chi connectivity index (χ1v) is 10.3. The average Bonchev–Trinajstić information content (AvgIpc) is 3.08. The number of phenols is 1. The first-order chi connectivity index (χ1) is 16.0. The maximum absolute atomic E-state index is 13.2. The fraction of sp³-hybridized carbons (Fsp3) is 0.0400. The van der Waals surface area contributed by atoms with Gasteiger partial charge in [0.15, 0.2) is 5.65 Å². The maximum Gasteiger partial charge on any atom is 0.261 e. The van der Waals surface area contributed by atoms with Crippen LogP contribution < -0.4 is 11.1 Å². The number of carbonyl (C=O) groups is 1. The topological polar surface area (TPSA) is 118 Å². The summed E-state index contributed by atoms with van der Waals surface area (Å²) in [4.78, 5) is 22.6. The third-order valence-electron chi connectivity index (χ3n) is 5.20. The summed E-state index contributed by atoms with van der Waals surface area (Å²) in [6.45, 7) is 1.97. The first kappa shape index (κ1) is 20.2. The zero-order valence-corrected chi connectivity index (χ0v) is 17.7. The van der Waals surface area contributed by atoms with E-state index in [2.05, 4.69) is 20.4 Å². The van der Waals surface area contributed by atoms with Crippen LogP contribution in [0, 0.1) is 6.92 Å². The molecule has 8 nitrogen and oxygen atoms in total. The lowest BCUT2D eigenvalue weighted by atomic mass is 10.2. The number of hydrogen-bond acceptors (Lipinski definition) is 6. The minimum absolute atomic E-state index is 0.112. The highest BCUT2D eigenvalue weighted by Gasteiger charge is 2.24. The number of anilines is 2. The van der Waals surface area contributed by atoms with Crippen molar-refractivity contribution in [3.05, 3.63) is 89.5 Å². The molecule has 0 atom stereocenters. The molecule has 2 heterocycles. The van der Waals surface area contributed by atoms with Gasteiger partial charge in [0.05, 0.1) is 17.2 Å². The molecular weight excluding hydrogens is 416 g/mol. The molecule has 0 saturated heterocycles. The number of aromatic hydroxyl groups is 1. The van der Waals surface area contributed by atoms with Crippen molar-refractivity contribution in [3.8, 4) is 5.75 Å². The minimum atomic E-state index is -0.405. The number of nitrogens with one attached hydrogen (secondary N) is 1. The standard InChI is InChI=1S/C25H20N6O2/c1-15-9-11-17(12-10-15)28-25(33)21-22-24(30-20-8-3-2-7-19(20)29-22)31(23(21)26)27-14-16-5-4-6-18(32)13-16/h2-14,32H,26H2,1H3,(H,28,33)/b27-14+. The van der Waals surface area contributed by atoms with Crippen LogP contribution in [0.4, 0.5) is 11.5 Å². The number of fused-ring (bicyclic) bond motifs is 2. The summed E-state index contributed by atoms with van der Waals surface area (Å²) in [5.74, 6) is -0.174. The highest BCUT2D eigenvalue weighted by Crippen LogP contribution is 2.28. The Labute approximate surface area is 189 Å². The van der Waals surface area contributed by atoms with Crippen LogP contribution in [0.3, 0.4) is 0 Å². The molecule has 0 aliphatic heterocycles. The number of benzene rings is 3. The van der Waals surface area contributed by atoms with Crippen LogP contribution >= 0.6 is 0 Å². The fourth-order valence-electron chi connectivity index (χ4n) is 3.55. The van der Waals surface area contributed by atoms with E-state index in [-0.39, 0.29) is 17.1 Å². The Morgan fingerprint density at radius 1 is 1.03 bits per heavy atom. The lowest BCUT2D eigenvalue weighted by molar-refractivity contribution is 0.102. The molecule has 8 heteroatoms. The lowest BCUT2D eigenvalue weighted by Crippen LogP contribution is -2.14. The van der Waals surface area contributed by atoms with E-state index in [0.717, 1.165) is 5.56 Å². The molecule has 5 aromatic rings. The van der Waals surface area contributed by atoms with Crippen LogP contribution in [0.15, 0.2) is 77.9 Å². The molecule has 0 bridgehead atoms. The molecule has 5 rings (SSSR count). The van der Waals surface area contributed by atoms with Crippen LogP contribution in [0.2, 0.25) is 0 Å². The van der Waals surface area contributed by atoms with Gasteiger partial charge in [-0.1, -0.05) is 42.0 Å². The zero-order valence-electron chi connectivity index (χ0n) is 17.7. The number of nitrogens with zero attached hydrogens (tertiary/aromatic N) is 4. The van der Waals surface area contributed by atoms with Crippen LogP contribution in [-0.4, -0.2) is 31.9 Å². The van der Waals surface area contributed by atoms with Crippen molar-refractivity contribution in [1.29, 1.82) is 0 Å². The van der Waals surface area contributed by atoms with E-state index in [4.69, 9.17) is 5.73 Å². The number of hydrogen-bond donors (Lipinski definition) is 3. The predicted molar refractivity (Wildman–Crippen MR) is 130 cm³/mol. The maximum atomic E-state index is 13.2. The van der Waals surface area contributed by atoms with Crippen molar-refractivity contribution >= 4 is 45.8 Å². The molecule has 0 fully saturated rings. The SMILES string of the molecule is Cc1ccc(NC(=O)c2c(N)n(/N=C/c3cccc(O)c3)c3nc4ccccc4nc23)cc1. The smallest absolute Gasteiger partial charge is 0.261 e. The van der Waals surface area contributed by atoms with Gasteiger partial charge < -0.3 is 16.2 Å². The molecule has 162 valence electrons. The number of para-hydroxylation sites is 2. The van der Waals surface area contributed by atoms with Gasteiger partial charge in [-0.2, -0.15) is 9.78 Å². The summed E-state index contributed by atoms with van der Waals surface area (Å²) in [7, 11) is 0. The van der Waals surface area contributed by atoms with E-state index in [1.165, 1.54) is 10.9 Å². The molecule has 33 heavy (non-hydrogen) atoms. The van der Waals surface area contributed by atoms with Crippen molar-refractivity contribution in [1.82, 2.24) is 14.6 Å². The molecule has 3 aromatic carbocycles. The molecule has 0 radical (unpaired) electrons. The Morgan fingerprint density at radius 2 is 1.76 bits per heavy atom.